The maximum Gasteiger partial charge on any atom is 0.310 e. The van der Waals surface area contributed by atoms with Crippen LogP contribution in [0, 0.1) is 18.8 Å². The number of thiophene rings is 1. The molecule has 1 amide bonds. The first-order valence-electron chi connectivity index (χ1n) is 10.2. The van der Waals surface area contributed by atoms with Crippen molar-refractivity contribution < 1.29 is 27.5 Å². The summed E-state index contributed by atoms with van der Waals surface area (Å²) in [4.78, 5) is 27.6. The zero-order chi connectivity index (χ0) is 22.3. The molecule has 0 aromatic carbocycles. The third-order valence-electron chi connectivity index (χ3n) is 5.16. The number of esters is 1. The Kier molecular flexibility index (Phi) is 9.27. The van der Waals surface area contributed by atoms with Gasteiger partial charge in [-0.05, 0) is 38.8 Å². The number of hydrogen-bond acceptors (Lipinski definition) is 7. The van der Waals surface area contributed by atoms with Gasteiger partial charge < -0.3 is 14.4 Å². The van der Waals surface area contributed by atoms with Crippen LogP contribution in [-0.4, -0.2) is 76.0 Å². The number of sulfonamides is 1. The van der Waals surface area contributed by atoms with Crippen molar-refractivity contribution in [2.45, 2.75) is 37.8 Å². The molecule has 0 spiro atoms. The monoisotopic (exact) mass is 460 g/mol. The highest BCUT2D eigenvalue weighted by Crippen LogP contribution is 2.29. The van der Waals surface area contributed by atoms with E-state index >= 15 is 0 Å². The Morgan fingerprint density at radius 2 is 2.10 bits per heavy atom. The second-order valence-corrected chi connectivity index (χ2v) is 10.9. The second-order valence-electron chi connectivity index (χ2n) is 7.47. The van der Waals surface area contributed by atoms with Gasteiger partial charge in [-0.15, -0.1) is 11.3 Å². The Bertz CT molecular complexity index is 823. The summed E-state index contributed by atoms with van der Waals surface area (Å²) in [5.41, 5.74) is 0. The maximum absolute atomic E-state index is 13.3. The van der Waals surface area contributed by atoms with Gasteiger partial charge in [0.1, 0.15) is 4.21 Å². The molecule has 1 aliphatic heterocycles. The summed E-state index contributed by atoms with van der Waals surface area (Å²) in [6, 6.07) is 3.40. The van der Waals surface area contributed by atoms with Crippen LogP contribution in [0.2, 0.25) is 0 Å². The average molecular weight is 461 g/mol. The fourth-order valence-corrected chi connectivity index (χ4v) is 6.48. The Balaban J connectivity index is 2.12. The molecule has 0 radical (unpaired) electrons. The Labute approximate surface area is 183 Å². The lowest BCUT2D eigenvalue weighted by atomic mass is 9.97. The number of methoxy groups -OCH3 is 1. The smallest absolute Gasteiger partial charge is 0.310 e. The molecule has 170 valence electrons. The number of hydrogen-bond donors (Lipinski definition) is 0. The first kappa shape index (κ1) is 24.8. The second kappa shape index (κ2) is 11.2. The highest BCUT2D eigenvalue weighted by Gasteiger charge is 2.36. The van der Waals surface area contributed by atoms with Crippen molar-refractivity contribution in [3.8, 4) is 0 Å². The van der Waals surface area contributed by atoms with Crippen molar-refractivity contribution in [2.24, 2.45) is 11.8 Å². The Hall–Kier alpha value is -1.49. The summed E-state index contributed by atoms with van der Waals surface area (Å²) in [6.45, 7) is 7.46. The van der Waals surface area contributed by atoms with Gasteiger partial charge in [-0.1, -0.05) is 6.92 Å². The number of carbonyl (C=O) groups is 2. The maximum atomic E-state index is 13.3. The van der Waals surface area contributed by atoms with Gasteiger partial charge in [-0.3, -0.25) is 9.59 Å². The van der Waals surface area contributed by atoms with Crippen LogP contribution in [0.15, 0.2) is 16.3 Å². The Morgan fingerprint density at radius 3 is 2.70 bits per heavy atom. The van der Waals surface area contributed by atoms with E-state index in [1.807, 2.05) is 13.8 Å². The minimum absolute atomic E-state index is 0.146. The first-order valence-corrected chi connectivity index (χ1v) is 12.5. The van der Waals surface area contributed by atoms with Crippen molar-refractivity contribution in [1.29, 1.82) is 0 Å². The molecule has 1 aliphatic rings. The van der Waals surface area contributed by atoms with Gasteiger partial charge >= 0.3 is 5.97 Å². The van der Waals surface area contributed by atoms with Gasteiger partial charge in [-0.25, -0.2) is 8.42 Å². The van der Waals surface area contributed by atoms with Gasteiger partial charge in [0.05, 0.1) is 25.6 Å². The van der Waals surface area contributed by atoms with Crippen molar-refractivity contribution in [2.75, 3.05) is 46.5 Å². The number of carbonyl (C=O) groups excluding carboxylic acids is 2. The molecule has 1 fully saturated rings. The average Bonchev–Trinajstić information content (AvgIpc) is 3.19. The lowest BCUT2D eigenvalue weighted by molar-refractivity contribution is -0.147. The van der Waals surface area contributed by atoms with Crippen LogP contribution in [0.25, 0.3) is 0 Å². The SMILES string of the molecule is CCOCCN(C[C@@H](C)C(=O)OC)C(=O)[C@H]1CCCN(S(=O)(=O)c2ccc(C)s2)C1. The van der Waals surface area contributed by atoms with E-state index in [9.17, 15) is 18.0 Å². The zero-order valence-corrected chi connectivity index (χ0v) is 19.8. The van der Waals surface area contributed by atoms with E-state index in [1.54, 1.807) is 24.0 Å². The third kappa shape index (κ3) is 6.26. The standard InChI is InChI=1S/C20H32N2O6S2/c1-5-28-12-11-21(13-15(2)20(24)27-4)19(23)17-7-6-10-22(14-17)30(25,26)18-9-8-16(3)29-18/h8-9,15,17H,5-7,10-14H2,1-4H3/t15-,17+/m1/s1. The number of aryl methyl sites for hydroxylation is 1. The summed E-state index contributed by atoms with van der Waals surface area (Å²) in [5, 5.41) is 0. The number of ether oxygens (including phenoxy) is 2. The van der Waals surface area contributed by atoms with Crippen LogP contribution in [0.5, 0.6) is 0 Å². The molecule has 1 aromatic rings. The molecular formula is C20H32N2O6S2. The first-order chi connectivity index (χ1) is 14.2. The van der Waals surface area contributed by atoms with Crippen LogP contribution < -0.4 is 0 Å². The summed E-state index contributed by atoms with van der Waals surface area (Å²) in [5.74, 6) is -1.45. The van der Waals surface area contributed by atoms with E-state index in [4.69, 9.17) is 9.47 Å². The van der Waals surface area contributed by atoms with E-state index in [-0.39, 0.29) is 25.0 Å². The number of nitrogens with zero attached hydrogens (tertiary/aromatic N) is 2. The fourth-order valence-electron chi connectivity index (χ4n) is 3.52. The summed E-state index contributed by atoms with van der Waals surface area (Å²) in [7, 11) is -2.29. The zero-order valence-electron chi connectivity index (χ0n) is 18.1. The largest absolute Gasteiger partial charge is 0.469 e. The molecule has 2 atom stereocenters. The quantitative estimate of drug-likeness (QED) is 0.392. The summed E-state index contributed by atoms with van der Waals surface area (Å²) in [6.07, 6.45) is 1.23. The van der Waals surface area contributed by atoms with E-state index in [0.717, 1.165) is 4.88 Å². The van der Waals surface area contributed by atoms with Crippen LogP contribution in [0.4, 0.5) is 0 Å². The molecule has 1 aromatic heterocycles. The van der Waals surface area contributed by atoms with Gasteiger partial charge in [0.2, 0.25) is 5.91 Å². The molecule has 2 rings (SSSR count). The lowest BCUT2D eigenvalue weighted by Crippen LogP contribution is -2.48. The topological polar surface area (TPSA) is 93.2 Å². The Morgan fingerprint density at radius 1 is 1.37 bits per heavy atom. The van der Waals surface area contributed by atoms with Crippen molar-refractivity contribution in [1.82, 2.24) is 9.21 Å². The molecule has 0 aliphatic carbocycles. The van der Waals surface area contributed by atoms with Crippen LogP contribution in [0.3, 0.4) is 0 Å². The third-order valence-corrected chi connectivity index (χ3v) is 8.50. The number of amides is 1. The van der Waals surface area contributed by atoms with Gasteiger partial charge in [0, 0.05) is 37.7 Å². The molecule has 30 heavy (non-hydrogen) atoms. The molecular weight excluding hydrogens is 428 g/mol. The molecule has 0 saturated carbocycles. The van der Waals surface area contributed by atoms with E-state index < -0.39 is 21.9 Å². The molecule has 10 heteroatoms. The molecule has 0 N–H and O–H groups in total. The fraction of sp³-hybridized carbons (Fsp3) is 0.700. The minimum Gasteiger partial charge on any atom is -0.469 e. The van der Waals surface area contributed by atoms with Gasteiger partial charge in [-0.2, -0.15) is 4.31 Å². The highest BCUT2D eigenvalue weighted by atomic mass is 32.2. The summed E-state index contributed by atoms with van der Waals surface area (Å²) < 4.78 is 37.9. The summed E-state index contributed by atoms with van der Waals surface area (Å²) >= 11 is 1.24. The van der Waals surface area contributed by atoms with Crippen molar-refractivity contribution in [3.63, 3.8) is 0 Å². The molecule has 0 unspecified atom stereocenters. The molecule has 1 saturated heterocycles. The molecule has 2 heterocycles. The normalized spacial score (nSPS) is 18.7. The lowest BCUT2D eigenvalue weighted by Gasteiger charge is -2.34. The van der Waals surface area contributed by atoms with Gasteiger partial charge in [0.15, 0.2) is 0 Å². The predicted octanol–water partition coefficient (Wildman–Crippen LogP) is 2.13. The highest BCUT2D eigenvalue weighted by molar-refractivity contribution is 7.91. The number of piperidine rings is 1. The van der Waals surface area contributed by atoms with Crippen LogP contribution >= 0.6 is 11.3 Å². The van der Waals surface area contributed by atoms with Crippen molar-refractivity contribution in [3.05, 3.63) is 17.0 Å². The molecule has 8 nitrogen and oxygen atoms in total. The predicted molar refractivity (Wildman–Crippen MR) is 115 cm³/mol. The number of rotatable bonds is 10. The molecule has 0 bridgehead atoms. The van der Waals surface area contributed by atoms with Crippen LogP contribution in [-0.2, 0) is 29.1 Å². The van der Waals surface area contributed by atoms with Crippen LogP contribution in [0.1, 0.15) is 31.6 Å². The van der Waals surface area contributed by atoms with E-state index in [0.29, 0.717) is 43.4 Å². The van der Waals surface area contributed by atoms with E-state index in [2.05, 4.69) is 0 Å². The van der Waals surface area contributed by atoms with E-state index in [1.165, 1.54) is 22.8 Å². The van der Waals surface area contributed by atoms with Gasteiger partial charge in [0.25, 0.3) is 10.0 Å². The van der Waals surface area contributed by atoms with Crippen molar-refractivity contribution >= 4 is 33.2 Å². The minimum atomic E-state index is -3.61.